The highest BCUT2D eigenvalue weighted by Crippen LogP contribution is 2.50. The summed E-state index contributed by atoms with van der Waals surface area (Å²) >= 11 is 0. The van der Waals surface area contributed by atoms with Gasteiger partial charge in [-0.15, -0.1) is 0 Å². The van der Waals surface area contributed by atoms with Gasteiger partial charge in [-0.1, -0.05) is 12.1 Å². The summed E-state index contributed by atoms with van der Waals surface area (Å²) in [5.74, 6) is -1.99. The van der Waals surface area contributed by atoms with Crippen LogP contribution in [0.4, 0.5) is 14.5 Å². The molecule has 1 heterocycles. The van der Waals surface area contributed by atoms with E-state index in [-0.39, 0.29) is 11.1 Å². The summed E-state index contributed by atoms with van der Waals surface area (Å²) in [5.41, 5.74) is 0.938. The number of ether oxygens (including phenoxy) is 2. The van der Waals surface area contributed by atoms with Gasteiger partial charge >= 0.3 is 5.97 Å². The molecular weight excluding hydrogens is 430 g/mol. The van der Waals surface area contributed by atoms with Crippen LogP contribution in [-0.4, -0.2) is 30.6 Å². The van der Waals surface area contributed by atoms with Crippen LogP contribution in [-0.2, 0) is 14.9 Å². The number of nitrogens with one attached hydrogen (secondary N) is 1. The molecule has 0 atom stereocenters. The van der Waals surface area contributed by atoms with Crippen LogP contribution < -0.4 is 10.1 Å². The van der Waals surface area contributed by atoms with E-state index in [0.717, 1.165) is 12.1 Å². The lowest BCUT2D eigenvalue weighted by atomic mass is 9.94. The van der Waals surface area contributed by atoms with E-state index >= 15 is 0 Å². The number of hydrogen-bond acceptors (Lipinski definition) is 5. The van der Waals surface area contributed by atoms with Gasteiger partial charge in [0.25, 0.3) is 0 Å². The number of methoxy groups -OCH3 is 1. The van der Waals surface area contributed by atoms with Crippen molar-refractivity contribution < 1.29 is 27.8 Å². The molecule has 0 aliphatic heterocycles. The number of esters is 1. The molecule has 0 radical (unpaired) electrons. The highest BCUT2D eigenvalue weighted by Gasteiger charge is 2.52. The first kappa shape index (κ1) is 22.4. The lowest BCUT2D eigenvalue weighted by Gasteiger charge is -2.18. The van der Waals surface area contributed by atoms with Crippen molar-refractivity contribution in [3.63, 3.8) is 0 Å². The predicted molar refractivity (Wildman–Crippen MR) is 118 cm³/mol. The smallest absolute Gasteiger partial charge is 0.338 e. The maximum Gasteiger partial charge on any atom is 0.338 e. The Hall–Kier alpha value is -3.81. The second kappa shape index (κ2) is 8.97. The summed E-state index contributed by atoms with van der Waals surface area (Å²) in [4.78, 5) is 29.7. The van der Waals surface area contributed by atoms with Gasteiger partial charge in [-0.3, -0.25) is 4.79 Å². The van der Waals surface area contributed by atoms with Gasteiger partial charge in [0.15, 0.2) is 0 Å². The van der Waals surface area contributed by atoms with Crippen molar-refractivity contribution in [3.8, 4) is 17.0 Å². The molecule has 1 saturated carbocycles. The molecule has 0 spiro atoms. The van der Waals surface area contributed by atoms with Gasteiger partial charge in [0, 0.05) is 35.1 Å². The molecule has 2 aromatic carbocycles. The Morgan fingerprint density at radius 3 is 2.48 bits per heavy atom. The Labute approximate surface area is 189 Å². The van der Waals surface area contributed by atoms with Gasteiger partial charge in [0.1, 0.15) is 11.6 Å². The zero-order chi connectivity index (χ0) is 23.6. The average molecular weight is 452 g/mol. The van der Waals surface area contributed by atoms with Crippen molar-refractivity contribution in [1.29, 1.82) is 0 Å². The number of benzene rings is 2. The fourth-order valence-electron chi connectivity index (χ4n) is 3.80. The van der Waals surface area contributed by atoms with Crippen LogP contribution in [0.5, 0.6) is 5.88 Å². The third-order valence-corrected chi connectivity index (χ3v) is 5.65. The first-order valence-electron chi connectivity index (χ1n) is 10.5. The number of amides is 1. The van der Waals surface area contributed by atoms with E-state index in [2.05, 4.69) is 10.3 Å². The molecule has 1 aliphatic rings. The van der Waals surface area contributed by atoms with E-state index in [1.807, 2.05) is 6.92 Å². The molecule has 170 valence electrons. The van der Waals surface area contributed by atoms with Crippen LogP contribution in [0.25, 0.3) is 11.1 Å². The molecule has 1 amide bonds. The molecule has 8 heteroatoms. The Morgan fingerprint density at radius 2 is 1.88 bits per heavy atom. The Kier molecular flexibility index (Phi) is 6.09. The van der Waals surface area contributed by atoms with E-state index in [1.165, 1.54) is 19.2 Å². The number of nitrogens with zero attached hydrogens (tertiary/aromatic N) is 1. The third-order valence-electron chi connectivity index (χ3n) is 5.65. The number of rotatable bonds is 7. The molecular formula is C25H22F2N2O4. The van der Waals surface area contributed by atoms with Crippen LogP contribution in [0.2, 0.25) is 0 Å². The SMILES string of the molecule is CCOc1ccc(-c2ccc(NC(=O)C3(c4ccc(F)cc4F)CC3)cc2C(=O)OC)cn1. The normalized spacial score (nSPS) is 13.8. The number of halogens is 2. The highest BCUT2D eigenvalue weighted by atomic mass is 19.1. The number of hydrogen-bond donors (Lipinski definition) is 1. The zero-order valence-corrected chi connectivity index (χ0v) is 18.2. The van der Waals surface area contributed by atoms with E-state index in [4.69, 9.17) is 9.47 Å². The molecule has 1 fully saturated rings. The molecule has 33 heavy (non-hydrogen) atoms. The largest absolute Gasteiger partial charge is 0.478 e. The second-order valence-corrected chi connectivity index (χ2v) is 7.73. The number of anilines is 1. The van der Waals surface area contributed by atoms with Gasteiger partial charge in [0.05, 0.1) is 24.7 Å². The lowest BCUT2D eigenvalue weighted by molar-refractivity contribution is -0.118. The third kappa shape index (κ3) is 4.41. The number of carbonyl (C=O) groups excluding carboxylic acids is 2. The van der Waals surface area contributed by atoms with Gasteiger partial charge in [-0.05, 0) is 49.6 Å². The molecule has 4 rings (SSSR count). The monoisotopic (exact) mass is 452 g/mol. The predicted octanol–water partition coefficient (Wildman–Crippen LogP) is 4.88. The Balaban J connectivity index is 1.62. The van der Waals surface area contributed by atoms with Crippen LogP contribution in [0.1, 0.15) is 35.7 Å². The first-order chi connectivity index (χ1) is 15.9. The quantitative estimate of drug-likeness (QED) is 0.517. The number of pyridine rings is 1. The van der Waals surface area contributed by atoms with Crippen molar-refractivity contribution in [3.05, 3.63) is 77.5 Å². The summed E-state index contributed by atoms with van der Waals surface area (Å²) in [6, 6.07) is 11.5. The highest BCUT2D eigenvalue weighted by molar-refractivity contribution is 6.04. The van der Waals surface area contributed by atoms with E-state index < -0.39 is 28.9 Å². The molecule has 6 nitrogen and oxygen atoms in total. The minimum atomic E-state index is -1.05. The van der Waals surface area contributed by atoms with E-state index in [0.29, 0.717) is 42.1 Å². The van der Waals surface area contributed by atoms with E-state index in [1.54, 1.807) is 30.5 Å². The maximum absolute atomic E-state index is 14.3. The van der Waals surface area contributed by atoms with Gasteiger partial charge < -0.3 is 14.8 Å². The first-order valence-corrected chi connectivity index (χ1v) is 10.5. The van der Waals surface area contributed by atoms with Gasteiger partial charge in [-0.2, -0.15) is 0 Å². The number of carbonyl (C=O) groups is 2. The summed E-state index contributed by atoms with van der Waals surface area (Å²) in [7, 11) is 1.27. The summed E-state index contributed by atoms with van der Waals surface area (Å²) in [5, 5.41) is 2.77. The second-order valence-electron chi connectivity index (χ2n) is 7.73. The van der Waals surface area contributed by atoms with Gasteiger partial charge in [-0.25, -0.2) is 18.6 Å². The molecule has 1 aromatic heterocycles. The molecule has 1 aliphatic carbocycles. The topological polar surface area (TPSA) is 77.5 Å². The standard InChI is InChI=1S/C25H22F2N2O4/c1-3-33-22-9-4-15(14-28-22)18-7-6-17(13-19(18)23(30)32-2)29-24(31)25(10-11-25)20-8-5-16(26)12-21(20)27/h4-9,12-14H,3,10-11H2,1-2H3,(H,29,31). The van der Waals surface area contributed by atoms with Crippen LogP contribution in [0.3, 0.4) is 0 Å². The van der Waals surface area contributed by atoms with Crippen LogP contribution in [0, 0.1) is 11.6 Å². The van der Waals surface area contributed by atoms with Crippen molar-refractivity contribution in [1.82, 2.24) is 4.98 Å². The number of aromatic nitrogens is 1. The van der Waals surface area contributed by atoms with Crippen molar-refractivity contribution in [2.45, 2.75) is 25.2 Å². The summed E-state index contributed by atoms with van der Waals surface area (Å²) in [6.07, 6.45) is 2.48. The Morgan fingerprint density at radius 1 is 1.09 bits per heavy atom. The fourth-order valence-corrected chi connectivity index (χ4v) is 3.80. The summed E-state index contributed by atoms with van der Waals surface area (Å²) in [6.45, 7) is 2.34. The van der Waals surface area contributed by atoms with Gasteiger partial charge in [0.2, 0.25) is 11.8 Å². The molecule has 0 saturated heterocycles. The van der Waals surface area contributed by atoms with Crippen LogP contribution in [0.15, 0.2) is 54.7 Å². The molecule has 0 bridgehead atoms. The lowest BCUT2D eigenvalue weighted by Crippen LogP contribution is -2.29. The van der Waals surface area contributed by atoms with Crippen LogP contribution >= 0.6 is 0 Å². The Bertz CT molecular complexity index is 1210. The van der Waals surface area contributed by atoms with Crippen molar-refractivity contribution >= 4 is 17.6 Å². The maximum atomic E-state index is 14.3. The minimum Gasteiger partial charge on any atom is -0.478 e. The summed E-state index contributed by atoms with van der Waals surface area (Å²) < 4.78 is 37.9. The average Bonchev–Trinajstić information content (AvgIpc) is 3.61. The molecule has 0 unspecified atom stereocenters. The zero-order valence-electron chi connectivity index (χ0n) is 18.2. The van der Waals surface area contributed by atoms with E-state index in [9.17, 15) is 18.4 Å². The minimum absolute atomic E-state index is 0.159. The van der Waals surface area contributed by atoms with Crippen molar-refractivity contribution in [2.75, 3.05) is 19.0 Å². The fraction of sp³-hybridized carbons (Fsp3) is 0.240. The molecule has 1 N–H and O–H groups in total. The van der Waals surface area contributed by atoms with Crippen molar-refractivity contribution in [2.24, 2.45) is 0 Å². The molecule has 3 aromatic rings.